The van der Waals surface area contributed by atoms with Crippen molar-refractivity contribution >= 4 is 27.6 Å². The van der Waals surface area contributed by atoms with Gasteiger partial charge in [0.2, 0.25) is 0 Å². The molecule has 1 aromatic rings. The van der Waals surface area contributed by atoms with E-state index in [1.165, 1.54) is 6.07 Å². The number of rotatable bonds is 3. The van der Waals surface area contributed by atoms with Gasteiger partial charge in [0.05, 0.1) is 4.47 Å². The molecule has 1 heterocycles. The van der Waals surface area contributed by atoms with Gasteiger partial charge in [-0.15, -0.1) is 0 Å². The van der Waals surface area contributed by atoms with Crippen molar-refractivity contribution in [1.82, 2.24) is 4.90 Å². The molecule has 1 N–H and O–H groups in total. The summed E-state index contributed by atoms with van der Waals surface area (Å²) >= 11 is 3.21. The van der Waals surface area contributed by atoms with E-state index in [1.807, 2.05) is 0 Å². The normalized spacial score (nSPS) is 19.1. The molecule has 21 heavy (non-hydrogen) atoms. The Hall–Kier alpha value is -1.36. The highest BCUT2D eigenvalue weighted by atomic mass is 79.9. The van der Waals surface area contributed by atoms with Crippen LogP contribution in [0.2, 0.25) is 0 Å². The fraction of sp³-hybridized carbons (Fsp3) is 0.500. The fourth-order valence-corrected chi connectivity index (χ4v) is 3.05. The van der Waals surface area contributed by atoms with Crippen LogP contribution in [0.15, 0.2) is 22.7 Å². The first-order chi connectivity index (χ1) is 9.99. The molecule has 0 radical (unpaired) electrons. The smallest absolute Gasteiger partial charge is 0.254 e. The summed E-state index contributed by atoms with van der Waals surface area (Å²) < 4.78 is 0.565. The Morgan fingerprint density at radius 3 is 2.76 bits per heavy atom. The number of phenols is 1. The number of carbonyl (C=O) groups is 2. The maximum atomic E-state index is 12.7. The average molecular weight is 354 g/mol. The minimum atomic E-state index is -0.106. The summed E-state index contributed by atoms with van der Waals surface area (Å²) in [5, 5.41) is 9.74. The maximum absolute atomic E-state index is 12.7. The number of Topliss-reactive ketones (excluding diaryl/α,β-unsaturated/α-hetero) is 1. The predicted molar refractivity (Wildman–Crippen MR) is 84.4 cm³/mol. The van der Waals surface area contributed by atoms with Gasteiger partial charge in [-0.25, -0.2) is 0 Å². The Balaban J connectivity index is 2.23. The summed E-state index contributed by atoms with van der Waals surface area (Å²) in [6.07, 6.45) is 4.38. The second kappa shape index (κ2) is 7.07. The lowest BCUT2D eigenvalue weighted by molar-refractivity contribution is -0.118. The summed E-state index contributed by atoms with van der Waals surface area (Å²) in [5.41, 5.74) is 0.464. The van der Waals surface area contributed by atoms with Crippen LogP contribution in [0, 0.1) is 0 Å². The molecule has 0 bridgehead atoms. The molecule has 5 heteroatoms. The number of aromatic hydroxyl groups is 1. The lowest BCUT2D eigenvalue weighted by Gasteiger charge is -2.29. The second-order valence-corrected chi connectivity index (χ2v) is 6.43. The largest absolute Gasteiger partial charge is 0.507 e. The van der Waals surface area contributed by atoms with Crippen molar-refractivity contribution in [2.75, 3.05) is 6.54 Å². The predicted octanol–water partition coefficient (Wildman–Crippen LogP) is 3.52. The highest BCUT2D eigenvalue weighted by Crippen LogP contribution is 2.27. The summed E-state index contributed by atoms with van der Waals surface area (Å²) in [5.74, 6) is 0.0584. The molecular formula is C16H20BrNO3. The number of phenolic OH excluding ortho intramolecular Hbond substituents is 1. The molecule has 114 valence electrons. The van der Waals surface area contributed by atoms with E-state index in [0.717, 1.165) is 25.7 Å². The molecule has 0 spiro atoms. The third-order valence-corrected chi connectivity index (χ3v) is 4.52. The van der Waals surface area contributed by atoms with Gasteiger partial charge in [0.15, 0.2) is 0 Å². The summed E-state index contributed by atoms with van der Waals surface area (Å²) in [4.78, 5) is 25.9. The lowest BCUT2D eigenvalue weighted by atomic mass is 10.0. The topological polar surface area (TPSA) is 57.6 Å². The second-order valence-electron chi connectivity index (χ2n) is 5.57. The SMILES string of the molecule is CC(=O)CC1CCCCCN1C(=O)c1ccc(Br)c(O)c1. The number of hydrogen-bond donors (Lipinski definition) is 1. The number of likely N-dealkylation sites (tertiary alicyclic amines) is 1. The minimum absolute atomic E-state index is 0.0247. The molecule has 0 aliphatic carbocycles. The van der Waals surface area contributed by atoms with Gasteiger partial charge < -0.3 is 10.0 Å². The van der Waals surface area contributed by atoms with Gasteiger partial charge in [0, 0.05) is 24.6 Å². The molecular weight excluding hydrogens is 334 g/mol. The van der Waals surface area contributed by atoms with Crippen LogP contribution < -0.4 is 0 Å². The highest BCUT2D eigenvalue weighted by Gasteiger charge is 2.27. The third kappa shape index (κ3) is 4.06. The number of amides is 1. The number of benzene rings is 1. The quantitative estimate of drug-likeness (QED) is 0.904. The Bertz CT molecular complexity index is 544. The van der Waals surface area contributed by atoms with Crippen molar-refractivity contribution in [2.24, 2.45) is 0 Å². The fourth-order valence-electron chi connectivity index (χ4n) is 2.80. The lowest BCUT2D eigenvalue weighted by Crippen LogP contribution is -2.41. The van der Waals surface area contributed by atoms with Crippen molar-refractivity contribution < 1.29 is 14.7 Å². The van der Waals surface area contributed by atoms with Gasteiger partial charge in [-0.1, -0.05) is 12.8 Å². The van der Waals surface area contributed by atoms with Crippen LogP contribution in [0.1, 0.15) is 49.4 Å². The molecule has 2 rings (SSSR count). The van der Waals surface area contributed by atoms with Crippen molar-refractivity contribution in [2.45, 2.75) is 45.1 Å². The van der Waals surface area contributed by atoms with E-state index in [9.17, 15) is 14.7 Å². The van der Waals surface area contributed by atoms with Crippen LogP contribution >= 0.6 is 15.9 Å². The van der Waals surface area contributed by atoms with Gasteiger partial charge in [0.1, 0.15) is 11.5 Å². The number of carbonyl (C=O) groups excluding carboxylic acids is 2. The van der Waals surface area contributed by atoms with Crippen molar-refractivity contribution in [1.29, 1.82) is 0 Å². The van der Waals surface area contributed by atoms with Gasteiger partial charge >= 0.3 is 0 Å². The van der Waals surface area contributed by atoms with Crippen LogP contribution in [0.3, 0.4) is 0 Å². The Kier molecular flexibility index (Phi) is 5.39. The molecule has 1 fully saturated rings. The summed E-state index contributed by atoms with van der Waals surface area (Å²) in [7, 11) is 0. The van der Waals surface area contributed by atoms with Crippen LogP contribution in [0.4, 0.5) is 0 Å². The van der Waals surface area contributed by atoms with E-state index in [1.54, 1.807) is 24.0 Å². The minimum Gasteiger partial charge on any atom is -0.507 e. The maximum Gasteiger partial charge on any atom is 0.254 e. The molecule has 1 aromatic carbocycles. The van der Waals surface area contributed by atoms with Crippen molar-refractivity contribution in [3.8, 4) is 5.75 Å². The molecule has 4 nitrogen and oxygen atoms in total. The monoisotopic (exact) mass is 353 g/mol. The van der Waals surface area contributed by atoms with Crippen molar-refractivity contribution in [3.05, 3.63) is 28.2 Å². The van der Waals surface area contributed by atoms with Crippen LogP contribution in [-0.2, 0) is 4.79 Å². The van der Waals surface area contributed by atoms with Crippen molar-refractivity contribution in [3.63, 3.8) is 0 Å². The summed E-state index contributed by atoms with van der Waals surface area (Å²) in [6, 6.07) is 4.81. The molecule has 1 unspecified atom stereocenters. The van der Waals surface area contributed by atoms with Gasteiger partial charge in [0.25, 0.3) is 5.91 Å². The number of nitrogens with zero attached hydrogens (tertiary/aromatic N) is 1. The molecule has 1 aliphatic rings. The number of halogens is 1. The van der Waals surface area contributed by atoms with Gasteiger partial charge in [-0.05, 0) is 53.9 Å². The first-order valence-electron chi connectivity index (χ1n) is 7.28. The zero-order chi connectivity index (χ0) is 15.4. The van der Waals surface area contributed by atoms with Gasteiger partial charge in [-0.3, -0.25) is 9.59 Å². The number of ketones is 1. The first-order valence-corrected chi connectivity index (χ1v) is 8.07. The molecule has 0 aromatic heterocycles. The van der Waals surface area contributed by atoms with Crippen LogP contribution in [-0.4, -0.2) is 34.3 Å². The standard InChI is InChI=1S/C16H20BrNO3/c1-11(19)9-13-5-3-2-4-8-18(13)16(21)12-6-7-14(17)15(20)10-12/h6-7,10,13,20H,2-5,8-9H2,1H3. The molecule has 1 atom stereocenters. The van der Waals surface area contributed by atoms with E-state index in [-0.39, 0.29) is 23.5 Å². The van der Waals surface area contributed by atoms with Crippen LogP contribution in [0.25, 0.3) is 0 Å². The average Bonchev–Trinajstić information content (AvgIpc) is 2.66. The Morgan fingerprint density at radius 2 is 2.10 bits per heavy atom. The number of hydrogen-bond acceptors (Lipinski definition) is 3. The van der Waals surface area contributed by atoms with Gasteiger partial charge in [-0.2, -0.15) is 0 Å². The zero-order valence-corrected chi connectivity index (χ0v) is 13.7. The van der Waals surface area contributed by atoms with E-state index >= 15 is 0 Å². The molecule has 1 saturated heterocycles. The molecule has 0 saturated carbocycles. The summed E-state index contributed by atoms with van der Waals surface area (Å²) in [6.45, 7) is 2.24. The highest BCUT2D eigenvalue weighted by molar-refractivity contribution is 9.10. The Labute approximate surface area is 133 Å². The molecule has 1 amide bonds. The van der Waals surface area contributed by atoms with E-state index in [0.29, 0.717) is 23.0 Å². The van der Waals surface area contributed by atoms with Crippen LogP contribution in [0.5, 0.6) is 5.75 Å². The zero-order valence-electron chi connectivity index (χ0n) is 12.1. The van der Waals surface area contributed by atoms with E-state index < -0.39 is 0 Å². The molecule has 1 aliphatic heterocycles. The first kappa shape index (κ1) is 16.0. The third-order valence-electron chi connectivity index (χ3n) is 3.85. The van der Waals surface area contributed by atoms with E-state index in [4.69, 9.17) is 0 Å². The Morgan fingerprint density at radius 1 is 1.33 bits per heavy atom. The van der Waals surface area contributed by atoms with E-state index in [2.05, 4.69) is 15.9 Å².